The molecule has 12 nitrogen and oxygen atoms in total. The summed E-state index contributed by atoms with van der Waals surface area (Å²) in [6, 6.07) is 16.5. The van der Waals surface area contributed by atoms with Crippen molar-refractivity contribution in [2.75, 3.05) is 112 Å². The van der Waals surface area contributed by atoms with E-state index in [2.05, 4.69) is 36.5 Å². The lowest BCUT2D eigenvalue weighted by atomic mass is 9.98. The molecule has 280 valence electrons. The highest BCUT2D eigenvalue weighted by atomic mass is 16.6. The smallest absolute Gasteiger partial charge is 0.407 e. The van der Waals surface area contributed by atoms with Crippen molar-refractivity contribution in [2.45, 2.75) is 44.9 Å². The molecule has 12 heteroatoms. The van der Waals surface area contributed by atoms with Crippen molar-refractivity contribution in [3.8, 4) is 11.1 Å². The fourth-order valence-corrected chi connectivity index (χ4v) is 5.28. The van der Waals surface area contributed by atoms with E-state index in [9.17, 15) is 9.59 Å². The zero-order valence-corrected chi connectivity index (χ0v) is 29.7. The van der Waals surface area contributed by atoms with Crippen molar-refractivity contribution in [1.29, 1.82) is 0 Å². The SMILES string of the molecule is CCCCCCC(=O)OCCOCCOCCOCCOCCOCCOCCOCCNC(=O)OCC1c2ccccc2-c2ccccc21. The molecule has 0 unspecified atom stereocenters. The van der Waals surface area contributed by atoms with Gasteiger partial charge in [0.05, 0.1) is 92.5 Å². The Kier molecular flexibility index (Phi) is 22.8. The Balaban J connectivity index is 0.984. The van der Waals surface area contributed by atoms with Crippen molar-refractivity contribution in [3.05, 3.63) is 59.7 Å². The molecule has 0 spiro atoms. The van der Waals surface area contributed by atoms with E-state index in [1.54, 1.807) is 0 Å². The Hall–Kier alpha value is -3.10. The van der Waals surface area contributed by atoms with Crippen LogP contribution in [0.2, 0.25) is 0 Å². The molecular formula is C38H57NO11. The van der Waals surface area contributed by atoms with E-state index in [0.29, 0.717) is 105 Å². The van der Waals surface area contributed by atoms with Gasteiger partial charge in [-0.05, 0) is 28.7 Å². The Labute approximate surface area is 297 Å². The largest absolute Gasteiger partial charge is 0.463 e. The van der Waals surface area contributed by atoms with Crippen LogP contribution in [0.15, 0.2) is 48.5 Å². The van der Waals surface area contributed by atoms with Gasteiger partial charge in [-0.25, -0.2) is 4.79 Å². The lowest BCUT2D eigenvalue weighted by Crippen LogP contribution is -2.29. The Morgan fingerprint density at radius 3 is 1.46 bits per heavy atom. The van der Waals surface area contributed by atoms with Crippen LogP contribution in [0.4, 0.5) is 4.79 Å². The van der Waals surface area contributed by atoms with Crippen LogP contribution in [0.5, 0.6) is 0 Å². The van der Waals surface area contributed by atoms with Crippen LogP contribution < -0.4 is 5.32 Å². The van der Waals surface area contributed by atoms with E-state index in [1.807, 2.05) is 24.3 Å². The molecule has 0 bridgehead atoms. The first kappa shape index (κ1) is 41.3. The van der Waals surface area contributed by atoms with Crippen molar-refractivity contribution in [3.63, 3.8) is 0 Å². The third kappa shape index (κ3) is 17.7. The second-order valence-electron chi connectivity index (χ2n) is 11.6. The minimum atomic E-state index is -0.453. The third-order valence-electron chi connectivity index (χ3n) is 7.82. The molecule has 2 aromatic carbocycles. The molecule has 0 heterocycles. The number of esters is 1. The van der Waals surface area contributed by atoms with Gasteiger partial charge < -0.3 is 47.9 Å². The fraction of sp³-hybridized carbons (Fsp3) is 0.632. The molecular weight excluding hydrogens is 646 g/mol. The number of hydrogen-bond acceptors (Lipinski definition) is 11. The first-order valence-corrected chi connectivity index (χ1v) is 18.0. The molecule has 0 fully saturated rings. The van der Waals surface area contributed by atoms with Crippen molar-refractivity contribution in [1.82, 2.24) is 5.32 Å². The minimum absolute atomic E-state index is 0.0367. The Morgan fingerprint density at radius 1 is 0.540 bits per heavy atom. The number of carbonyl (C=O) groups excluding carboxylic acids is 2. The first-order chi connectivity index (χ1) is 24.7. The maximum absolute atomic E-state index is 12.2. The summed E-state index contributed by atoms with van der Waals surface area (Å²) in [4.78, 5) is 23.8. The Bertz CT molecular complexity index is 1140. The minimum Gasteiger partial charge on any atom is -0.463 e. The summed E-state index contributed by atoms with van der Waals surface area (Å²) in [6.45, 7) is 9.37. The summed E-state index contributed by atoms with van der Waals surface area (Å²) in [7, 11) is 0. The molecule has 3 rings (SSSR count). The predicted octanol–water partition coefficient (Wildman–Crippen LogP) is 5.15. The highest BCUT2D eigenvalue weighted by Gasteiger charge is 2.28. The van der Waals surface area contributed by atoms with E-state index < -0.39 is 6.09 Å². The van der Waals surface area contributed by atoms with Crippen LogP contribution in [0, 0.1) is 0 Å². The number of benzene rings is 2. The topological polar surface area (TPSA) is 129 Å². The summed E-state index contributed by atoms with van der Waals surface area (Å²) in [5.74, 6) is -0.120. The quantitative estimate of drug-likeness (QED) is 0.0827. The molecule has 0 radical (unpaired) electrons. The van der Waals surface area contributed by atoms with Crippen molar-refractivity contribution >= 4 is 12.1 Å². The summed E-state index contributed by atoms with van der Waals surface area (Å²) < 4.78 is 49.0. The lowest BCUT2D eigenvalue weighted by molar-refractivity contribution is -0.145. The van der Waals surface area contributed by atoms with Crippen LogP contribution in [-0.4, -0.2) is 124 Å². The molecule has 1 N–H and O–H groups in total. The van der Waals surface area contributed by atoms with Gasteiger partial charge in [0.25, 0.3) is 0 Å². The first-order valence-electron chi connectivity index (χ1n) is 18.0. The van der Waals surface area contributed by atoms with Crippen LogP contribution in [0.1, 0.15) is 56.1 Å². The van der Waals surface area contributed by atoms with Gasteiger partial charge in [0, 0.05) is 18.9 Å². The van der Waals surface area contributed by atoms with Gasteiger partial charge in [0.15, 0.2) is 0 Å². The maximum atomic E-state index is 12.2. The maximum Gasteiger partial charge on any atom is 0.407 e. The highest BCUT2D eigenvalue weighted by molar-refractivity contribution is 5.79. The average molecular weight is 704 g/mol. The molecule has 0 atom stereocenters. The summed E-state index contributed by atoms with van der Waals surface area (Å²) >= 11 is 0. The standard InChI is InChI=1S/C38H57NO11/c1-2-3-4-5-14-37(40)49-30-29-48-28-27-47-26-25-46-24-23-45-22-21-44-20-19-43-18-17-42-16-15-39-38(41)50-31-36-34-12-8-6-10-32(34)33-11-7-9-13-35(33)36/h6-13,36H,2-5,14-31H2,1H3,(H,39,41). The van der Waals surface area contributed by atoms with Gasteiger partial charge in [-0.1, -0.05) is 74.7 Å². The van der Waals surface area contributed by atoms with E-state index in [1.165, 1.54) is 22.3 Å². The van der Waals surface area contributed by atoms with Crippen LogP contribution in [0.25, 0.3) is 11.1 Å². The van der Waals surface area contributed by atoms with Gasteiger partial charge >= 0.3 is 12.1 Å². The van der Waals surface area contributed by atoms with Gasteiger partial charge in [-0.15, -0.1) is 0 Å². The molecule has 0 saturated carbocycles. The predicted molar refractivity (Wildman–Crippen MR) is 189 cm³/mol. The lowest BCUT2D eigenvalue weighted by Gasteiger charge is -2.14. The summed E-state index contributed by atoms with van der Waals surface area (Å²) in [5.41, 5.74) is 4.77. The fourth-order valence-electron chi connectivity index (χ4n) is 5.28. The molecule has 1 aliphatic rings. The molecule has 2 aromatic rings. The van der Waals surface area contributed by atoms with Gasteiger partial charge in [0.2, 0.25) is 0 Å². The highest BCUT2D eigenvalue weighted by Crippen LogP contribution is 2.44. The monoisotopic (exact) mass is 703 g/mol. The van der Waals surface area contributed by atoms with E-state index in [0.717, 1.165) is 25.7 Å². The van der Waals surface area contributed by atoms with E-state index in [4.69, 9.17) is 42.6 Å². The third-order valence-corrected chi connectivity index (χ3v) is 7.82. The average Bonchev–Trinajstić information content (AvgIpc) is 3.46. The molecule has 50 heavy (non-hydrogen) atoms. The van der Waals surface area contributed by atoms with Gasteiger partial charge in [0.1, 0.15) is 13.2 Å². The second kappa shape index (κ2) is 27.6. The summed E-state index contributed by atoms with van der Waals surface area (Å²) in [5, 5.41) is 2.74. The number of hydrogen-bond donors (Lipinski definition) is 1. The van der Waals surface area contributed by atoms with Crippen LogP contribution in [-0.2, 0) is 47.4 Å². The summed E-state index contributed by atoms with van der Waals surface area (Å²) in [6.07, 6.45) is 4.29. The number of unbranched alkanes of at least 4 members (excludes halogenated alkanes) is 3. The number of amides is 1. The van der Waals surface area contributed by atoms with E-state index in [-0.39, 0.29) is 25.1 Å². The van der Waals surface area contributed by atoms with Gasteiger partial charge in [-0.3, -0.25) is 4.79 Å². The molecule has 0 aromatic heterocycles. The second-order valence-corrected chi connectivity index (χ2v) is 11.6. The van der Waals surface area contributed by atoms with Crippen LogP contribution in [0.3, 0.4) is 0 Å². The van der Waals surface area contributed by atoms with Crippen molar-refractivity contribution < 1.29 is 52.2 Å². The van der Waals surface area contributed by atoms with Crippen LogP contribution >= 0.6 is 0 Å². The van der Waals surface area contributed by atoms with E-state index >= 15 is 0 Å². The number of alkyl carbamates (subject to hydrolysis) is 1. The number of ether oxygens (including phenoxy) is 9. The normalized spacial score (nSPS) is 12.1. The van der Waals surface area contributed by atoms with Gasteiger partial charge in [-0.2, -0.15) is 0 Å². The zero-order valence-electron chi connectivity index (χ0n) is 29.7. The number of rotatable bonds is 31. The molecule has 0 aliphatic heterocycles. The van der Waals surface area contributed by atoms with Crippen molar-refractivity contribution in [2.24, 2.45) is 0 Å². The molecule has 0 saturated heterocycles. The molecule has 1 amide bonds. The zero-order chi connectivity index (χ0) is 35.3. The number of carbonyl (C=O) groups is 2. The number of nitrogens with one attached hydrogen (secondary N) is 1. The molecule has 1 aliphatic carbocycles. The number of fused-ring (bicyclic) bond motifs is 3. The Morgan fingerprint density at radius 2 is 0.980 bits per heavy atom.